The molecule has 280 valence electrons. The van der Waals surface area contributed by atoms with Gasteiger partial charge in [-0.15, -0.1) is 0 Å². The van der Waals surface area contributed by atoms with Crippen molar-refractivity contribution in [1.82, 2.24) is 24.5 Å². The predicted molar refractivity (Wildman–Crippen MR) is 198 cm³/mol. The number of aryl methyl sites for hydroxylation is 2. The number of carbonyl (C=O) groups is 2. The van der Waals surface area contributed by atoms with E-state index in [-0.39, 0.29) is 53.0 Å². The van der Waals surface area contributed by atoms with Crippen LogP contribution in [0.3, 0.4) is 0 Å². The molecule has 1 atom stereocenters. The van der Waals surface area contributed by atoms with Crippen LogP contribution in [0.2, 0.25) is 25.7 Å². The van der Waals surface area contributed by atoms with Crippen molar-refractivity contribution >= 4 is 25.7 Å². The smallest absolute Gasteiger partial charge is 0.267 e. The average molecular weight is 726 g/mol. The number of ether oxygens (including phenoxy) is 1. The number of hydrogen-bond acceptors (Lipinski definition) is 6. The van der Waals surface area contributed by atoms with Gasteiger partial charge in [-0.3, -0.25) is 14.3 Å². The highest BCUT2D eigenvalue weighted by molar-refractivity contribution is 6.76. The maximum atomic E-state index is 14.8. The Bertz CT molecular complexity index is 1640. The van der Waals surface area contributed by atoms with Gasteiger partial charge in [-0.1, -0.05) is 83.8 Å². The van der Waals surface area contributed by atoms with Gasteiger partial charge < -0.3 is 15.8 Å². The first-order valence-electron chi connectivity index (χ1n) is 18.9. The number of pyridine rings is 1. The molecule has 0 aliphatic heterocycles. The molecule has 0 bridgehead atoms. The Labute approximate surface area is 302 Å². The average Bonchev–Trinajstić information content (AvgIpc) is 3.65. The van der Waals surface area contributed by atoms with Crippen LogP contribution < -0.4 is 11.1 Å². The van der Waals surface area contributed by atoms with Crippen LogP contribution >= 0.6 is 0 Å². The fourth-order valence-electron chi connectivity index (χ4n) is 8.50. The molecule has 0 unspecified atom stereocenters. The zero-order chi connectivity index (χ0) is 36.9. The lowest BCUT2D eigenvalue weighted by Gasteiger charge is -2.41. The van der Waals surface area contributed by atoms with Crippen LogP contribution in [0.15, 0.2) is 18.5 Å². The molecule has 2 saturated carbocycles. The molecule has 5 rings (SSSR count). The third-order valence-electron chi connectivity index (χ3n) is 11.1. The van der Waals surface area contributed by atoms with Crippen LogP contribution in [0, 0.1) is 31.6 Å². The molecule has 0 radical (unpaired) electrons. The molecule has 0 aromatic carbocycles. The van der Waals surface area contributed by atoms with Crippen LogP contribution in [0.1, 0.15) is 116 Å². The van der Waals surface area contributed by atoms with E-state index in [9.17, 15) is 18.4 Å². The topological polar surface area (TPSA) is 130 Å². The van der Waals surface area contributed by atoms with Crippen molar-refractivity contribution in [3.63, 3.8) is 0 Å². The van der Waals surface area contributed by atoms with Gasteiger partial charge in [0.1, 0.15) is 18.2 Å². The number of rotatable bonds is 15. The van der Waals surface area contributed by atoms with Crippen LogP contribution in [0.25, 0.3) is 11.1 Å². The van der Waals surface area contributed by atoms with Gasteiger partial charge in [-0.2, -0.15) is 10.2 Å². The lowest BCUT2D eigenvalue weighted by molar-refractivity contribution is -0.120. The van der Waals surface area contributed by atoms with Gasteiger partial charge in [0, 0.05) is 55.4 Å². The number of alkyl halides is 2. The molecule has 3 heterocycles. The lowest BCUT2D eigenvalue weighted by Crippen LogP contribution is -2.39. The summed E-state index contributed by atoms with van der Waals surface area (Å²) in [5, 5.41) is 12.0. The first kappa shape index (κ1) is 38.8. The molecule has 2 aliphatic carbocycles. The third kappa shape index (κ3) is 9.14. The van der Waals surface area contributed by atoms with Crippen molar-refractivity contribution < 1.29 is 23.1 Å². The molecule has 10 nitrogen and oxygen atoms in total. The van der Waals surface area contributed by atoms with Crippen LogP contribution in [-0.4, -0.2) is 51.0 Å². The molecule has 2 aliphatic rings. The summed E-state index contributed by atoms with van der Waals surface area (Å²) in [6, 6.07) is 2.29. The van der Waals surface area contributed by atoms with Gasteiger partial charge in [0.2, 0.25) is 5.91 Å². The Hall–Kier alpha value is -3.45. The van der Waals surface area contributed by atoms with Crippen LogP contribution in [0.4, 0.5) is 14.6 Å². The summed E-state index contributed by atoms with van der Waals surface area (Å²) in [5.74, 6) is -1.17. The monoisotopic (exact) mass is 725 g/mol. The summed E-state index contributed by atoms with van der Waals surface area (Å²) in [7, 11) is -1.27. The summed E-state index contributed by atoms with van der Waals surface area (Å²) in [5.41, 5.74) is 8.60. The maximum absolute atomic E-state index is 14.8. The van der Waals surface area contributed by atoms with E-state index in [1.54, 1.807) is 22.5 Å². The van der Waals surface area contributed by atoms with E-state index in [1.165, 1.54) is 25.1 Å². The van der Waals surface area contributed by atoms with E-state index in [0.29, 0.717) is 35.7 Å². The second-order valence-corrected chi connectivity index (χ2v) is 21.4. The summed E-state index contributed by atoms with van der Waals surface area (Å²) in [6.45, 7) is 13.6. The van der Waals surface area contributed by atoms with Gasteiger partial charge >= 0.3 is 0 Å². The van der Waals surface area contributed by atoms with Gasteiger partial charge in [-0.05, 0) is 50.6 Å². The van der Waals surface area contributed by atoms with E-state index < -0.39 is 26.3 Å². The molecule has 2 fully saturated rings. The number of hydrogen-bond donors (Lipinski definition) is 2. The molecule has 3 N–H and O–H groups in total. The number of primary amides is 1. The number of nitrogens with zero attached hydrogens (tertiary/aromatic N) is 5. The zero-order valence-corrected chi connectivity index (χ0v) is 32.3. The minimum absolute atomic E-state index is 0.0379. The maximum Gasteiger partial charge on any atom is 0.267 e. The molecular formula is C38H57F2N7O3Si. The Morgan fingerprint density at radius 1 is 0.980 bits per heavy atom. The molecule has 13 heteroatoms. The standard InChI is InChI=1S/C38H57F2N7O3Si/c1-7-46-35(37(41)48)30(22-43-46)34(33(26-14-10-8-11-15-26)27-16-12-9-13-17-27)38(49)44-31-20-28(36(39)40)29(21-42-31)32-24(2)45-47(25(32)3)23-50-18-19-51(4,5)6/h20-22,26-27,33-34,36H,7-19,23H2,1-6H3,(H2,41,48)(H,42,44,49)/t34-/m1/s1. The first-order chi connectivity index (χ1) is 24.3. The van der Waals surface area contributed by atoms with Crippen molar-refractivity contribution in [2.24, 2.45) is 23.5 Å². The largest absolute Gasteiger partial charge is 0.364 e. The Morgan fingerprint density at radius 2 is 1.61 bits per heavy atom. The summed E-state index contributed by atoms with van der Waals surface area (Å²) < 4.78 is 38.8. The highest BCUT2D eigenvalue weighted by atomic mass is 28.3. The molecule has 3 aromatic heterocycles. The highest BCUT2D eigenvalue weighted by Crippen LogP contribution is 2.48. The summed E-state index contributed by atoms with van der Waals surface area (Å²) >= 11 is 0. The number of nitrogens with two attached hydrogens (primary N) is 1. The Kier molecular flexibility index (Phi) is 12.9. The van der Waals surface area contributed by atoms with Crippen molar-refractivity contribution in [3.8, 4) is 11.1 Å². The lowest BCUT2D eigenvalue weighted by atomic mass is 9.63. The van der Waals surface area contributed by atoms with Gasteiger partial charge in [0.15, 0.2) is 0 Å². The van der Waals surface area contributed by atoms with Crippen LogP contribution in [0.5, 0.6) is 0 Å². The normalized spacial score (nSPS) is 17.0. The highest BCUT2D eigenvalue weighted by Gasteiger charge is 2.43. The molecular weight excluding hydrogens is 669 g/mol. The van der Waals surface area contributed by atoms with Crippen molar-refractivity contribution in [2.45, 2.75) is 136 Å². The second-order valence-electron chi connectivity index (χ2n) is 15.8. The zero-order valence-electron chi connectivity index (χ0n) is 31.3. The third-order valence-corrected chi connectivity index (χ3v) is 12.8. The SMILES string of the molecule is CCn1ncc([C@@H](C(=O)Nc2cc(C(F)F)c(-c3c(C)nn(COCC[Si](C)(C)C)c3C)cn2)C(C2CCCCC2)C2CCCCC2)c1C(N)=O. The minimum Gasteiger partial charge on any atom is -0.364 e. The van der Waals surface area contributed by atoms with Crippen molar-refractivity contribution in [3.05, 3.63) is 46.7 Å². The molecule has 0 saturated heterocycles. The second kappa shape index (κ2) is 16.9. The number of aromatic nitrogens is 5. The van der Waals surface area contributed by atoms with E-state index >= 15 is 0 Å². The van der Waals surface area contributed by atoms with Gasteiger partial charge in [0.25, 0.3) is 12.3 Å². The number of anilines is 1. The fraction of sp³-hybridized carbons (Fsp3) is 0.658. The quantitative estimate of drug-likeness (QED) is 0.119. The molecule has 0 spiro atoms. The van der Waals surface area contributed by atoms with Gasteiger partial charge in [0.05, 0.1) is 17.8 Å². The van der Waals surface area contributed by atoms with E-state index in [0.717, 1.165) is 57.4 Å². The fourth-order valence-corrected chi connectivity index (χ4v) is 9.26. The van der Waals surface area contributed by atoms with Crippen molar-refractivity contribution in [2.75, 3.05) is 11.9 Å². The Balaban J connectivity index is 1.50. The Morgan fingerprint density at radius 3 is 2.16 bits per heavy atom. The number of amides is 2. The molecule has 3 aromatic rings. The predicted octanol–water partition coefficient (Wildman–Crippen LogP) is 8.63. The number of nitrogens with one attached hydrogen (secondary N) is 1. The summed E-state index contributed by atoms with van der Waals surface area (Å²) in [4.78, 5) is 32.1. The van der Waals surface area contributed by atoms with E-state index in [2.05, 4.69) is 40.1 Å². The number of carbonyl (C=O) groups excluding carboxylic acids is 2. The minimum atomic E-state index is -2.83. The van der Waals surface area contributed by atoms with E-state index in [1.807, 2.05) is 13.8 Å². The first-order valence-corrected chi connectivity index (χ1v) is 22.6. The molecule has 51 heavy (non-hydrogen) atoms. The van der Waals surface area contributed by atoms with Crippen molar-refractivity contribution in [1.29, 1.82) is 0 Å². The van der Waals surface area contributed by atoms with E-state index in [4.69, 9.17) is 10.5 Å². The molecule has 2 amide bonds. The number of halogens is 2. The summed E-state index contributed by atoms with van der Waals surface area (Å²) in [6.07, 6.45) is 11.0. The van der Waals surface area contributed by atoms with Crippen LogP contribution in [-0.2, 0) is 22.8 Å². The van der Waals surface area contributed by atoms with Gasteiger partial charge in [-0.25, -0.2) is 18.4 Å².